The Morgan fingerprint density at radius 2 is 2.24 bits per heavy atom. The van der Waals surface area contributed by atoms with Gasteiger partial charge in [-0.3, -0.25) is 10.0 Å². The molecular formula is C11H9NO5. The number of carbonyl (C=O) groups is 1. The van der Waals surface area contributed by atoms with Crippen molar-refractivity contribution in [1.82, 2.24) is 5.48 Å². The van der Waals surface area contributed by atoms with E-state index in [1.807, 2.05) is 0 Å². The number of para-hydroxylation sites is 1. The van der Waals surface area contributed by atoms with E-state index < -0.39 is 11.5 Å². The van der Waals surface area contributed by atoms with E-state index in [-0.39, 0.29) is 11.1 Å². The molecule has 0 atom stereocenters. The van der Waals surface area contributed by atoms with Crippen molar-refractivity contribution < 1.29 is 19.2 Å². The maximum atomic E-state index is 11.5. The molecule has 17 heavy (non-hydrogen) atoms. The molecule has 6 nitrogen and oxygen atoms in total. The fraction of sp³-hybridized carbons (Fsp3) is 0.0909. The van der Waals surface area contributed by atoms with Gasteiger partial charge in [-0.1, -0.05) is 12.1 Å². The minimum atomic E-state index is -0.913. The van der Waals surface area contributed by atoms with Gasteiger partial charge in [-0.15, -0.1) is 0 Å². The molecule has 0 spiro atoms. The third-order valence-electron chi connectivity index (χ3n) is 2.29. The molecule has 1 amide bonds. The molecule has 0 radical (unpaired) electrons. The Morgan fingerprint density at radius 3 is 2.88 bits per heavy atom. The van der Waals surface area contributed by atoms with Crippen LogP contribution in [0.2, 0.25) is 0 Å². The standard InChI is InChI=1S/C11H9NO5/c1-16-8-4-2-3-6-5-7(10(13)12-15)11(14)17-9(6)8/h2-5,15H,1H3,(H,12,13). The number of methoxy groups -OCH3 is 1. The molecule has 6 heteroatoms. The second kappa shape index (κ2) is 4.26. The normalized spacial score (nSPS) is 10.2. The number of rotatable bonds is 2. The van der Waals surface area contributed by atoms with Gasteiger partial charge in [0.15, 0.2) is 11.3 Å². The number of hydrogen-bond acceptors (Lipinski definition) is 5. The highest BCUT2D eigenvalue weighted by molar-refractivity contribution is 5.96. The number of amides is 1. The van der Waals surface area contributed by atoms with Crippen LogP contribution in [0.25, 0.3) is 11.0 Å². The summed E-state index contributed by atoms with van der Waals surface area (Å²) in [7, 11) is 1.45. The average Bonchev–Trinajstić information content (AvgIpc) is 2.36. The molecule has 0 aliphatic rings. The van der Waals surface area contributed by atoms with Crippen LogP contribution in [0.15, 0.2) is 33.5 Å². The second-order valence-corrected chi connectivity index (χ2v) is 3.27. The SMILES string of the molecule is COc1cccc2cc(C(=O)NO)c(=O)oc12. The molecule has 2 aromatic rings. The first-order valence-corrected chi connectivity index (χ1v) is 4.72. The summed E-state index contributed by atoms with van der Waals surface area (Å²) in [6, 6.07) is 6.32. The Balaban J connectivity index is 2.75. The van der Waals surface area contributed by atoms with Crippen LogP contribution in [-0.2, 0) is 0 Å². The van der Waals surface area contributed by atoms with Crippen LogP contribution < -0.4 is 15.8 Å². The van der Waals surface area contributed by atoms with Crippen molar-refractivity contribution in [3.05, 3.63) is 40.2 Å². The molecule has 0 aliphatic carbocycles. The minimum Gasteiger partial charge on any atom is -0.493 e. The fourth-order valence-electron chi connectivity index (χ4n) is 1.50. The van der Waals surface area contributed by atoms with E-state index >= 15 is 0 Å². The summed E-state index contributed by atoms with van der Waals surface area (Å²) < 4.78 is 10.0. The van der Waals surface area contributed by atoms with E-state index in [4.69, 9.17) is 14.4 Å². The van der Waals surface area contributed by atoms with E-state index in [0.29, 0.717) is 11.1 Å². The zero-order valence-corrected chi connectivity index (χ0v) is 8.89. The lowest BCUT2D eigenvalue weighted by Gasteiger charge is -2.04. The van der Waals surface area contributed by atoms with Crippen LogP contribution in [0.1, 0.15) is 10.4 Å². The highest BCUT2D eigenvalue weighted by Gasteiger charge is 2.14. The van der Waals surface area contributed by atoms with Gasteiger partial charge in [-0.05, 0) is 12.1 Å². The molecular weight excluding hydrogens is 226 g/mol. The Labute approximate surface area is 95.4 Å². The predicted molar refractivity (Wildman–Crippen MR) is 58.3 cm³/mol. The molecule has 1 aromatic carbocycles. The lowest BCUT2D eigenvalue weighted by molar-refractivity contribution is 0.0702. The molecule has 2 rings (SSSR count). The Morgan fingerprint density at radius 1 is 1.47 bits per heavy atom. The number of ether oxygens (including phenoxy) is 1. The average molecular weight is 235 g/mol. The quantitative estimate of drug-likeness (QED) is 0.459. The molecule has 0 bridgehead atoms. The van der Waals surface area contributed by atoms with E-state index in [1.165, 1.54) is 18.7 Å². The number of benzene rings is 1. The van der Waals surface area contributed by atoms with Gasteiger partial charge >= 0.3 is 5.63 Å². The predicted octanol–water partition coefficient (Wildman–Crippen LogP) is 0.921. The molecule has 0 saturated carbocycles. The maximum absolute atomic E-state index is 11.5. The first kappa shape index (κ1) is 11.2. The lowest BCUT2D eigenvalue weighted by Crippen LogP contribution is -2.25. The first-order chi connectivity index (χ1) is 8.17. The van der Waals surface area contributed by atoms with Gasteiger partial charge in [0.1, 0.15) is 5.56 Å². The van der Waals surface area contributed by atoms with Crippen molar-refractivity contribution in [2.24, 2.45) is 0 Å². The van der Waals surface area contributed by atoms with E-state index in [1.54, 1.807) is 18.2 Å². The van der Waals surface area contributed by atoms with Crippen molar-refractivity contribution in [3.8, 4) is 5.75 Å². The van der Waals surface area contributed by atoms with Crippen molar-refractivity contribution in [3.63, 3.8) is 0 Å². The monoisotopic (exact) mass is 235 g/mol. The number of carbonyl (C=O) groups excluding carboxylic acids is 1. The largest absolute Gasteiger partial charge is 0.493 e. The zero-order valence-electron chi connectivity index (χ0n) is 8.89. The van der Waals surface area contributed by atoms with Gasteiger partial charge in [0, 0.05) is 5.39 Å². The topological polar surface area (TPSA) is 88.8 Å². The molecule has 88 valence electrons. The summed E-state index contributed by atoms with van der Waals surface area (Å²) in [5.41, 5.74) is 0.535. The molecule has 0 saturated heterocycles. The number of fused-ring (bicyclic) bond motifs is 1. The summed E-state index contributed by atoms with van der Waals surface area (Å²) in [6.45, 7) is 0. The highest BCUT2D eigenvalue weighted by Crippen LogP contribution is 2.24. The van der Waals surface area contributed by atoms with Crippen LogP contribution in [0.4, 0.5) is 0 Å². The van der Waals surface area contributed by atoms with Crippen molar-refractivity contribution in [2.75, 3.05) is 7.11 Å². The molecule has 0 aliphatic heterocycles. The van der Waals surface area contributed by atoms with Gasteiger partial charge in [-0.2, -0.15) is 0 Å². The number of nitrogens with one attached hydrogen (secondary N) is 1. The summed E-state index contributed by atoms with van der Waals surface area (Å²) in [5.74, 6) is -0.515. The summed E-state index contributed by atoms with van der Waals surface area (Å²) in [6.07, 6.45) is 0. The first-order valence-electron chi connectivity index (χ1n) is 4.72. The van der Waals surface area contributed by atoms with Gasteiger partial charge in [-0.25, -0.2) is 10.3 Å². The van der Waals surface area contributed by atoms with Crippen LogP contribution in [0.5, 0.6) is 5.75 Å². The summed E-state index contributed by atoms with van der Waals surface area (Å²) in [4.78, 5) is 22.7. The smallest absolute Gasteiger partial charge is 0.349 e. The molecule has 0 fully saturated rings. The van der Waals surface area contributed by atoms with E-state index in [9.17, 15) is 9.59 Å². The lowest BCUT2D eigenvalue weighted by atomic mass is 10.1. The van der Waals surface area contributed by atoms with Crippen LogP contribution >= 0.6 is 0 Å². The molecule has 1 aromatic heterocycles. The van der Waals surface area contributed by atoms with Crippen molar-refractivity contribution in [2.45, 2.75) is 0 Å². The Bertz CT molecular complexity index is 631. The van der Waals surface area contributed by atoms with Crippen molar-refractivity contribution >= 4 is 16.9 Å². The Kier molecular flexibility index (Phi) is 2.80. The number of hydrogen-bond donors (Lipinski definition) is 2. The van der Waals surface area contributed by atoms with Crippen LogP contribution in [-0.4, -0.2) is 18.2 Å². The van der Waals surface area contributed by atoms with Gasteiger partial charge < -0.3 is 9.15 Å². The molecule has 2 N–H and O–H groups in total. The summed E-state index contributed by atoms with van der Waals surface area (Å²) >= 11 is 0. The van der Waals surface area contributed by atoms with Gasteiger partial charge in [0.05, 0.1) is 7.11 Å². The minimum absolute atomic E-state index is 0.259. The highest BCUT2D eigenvalue weighted by atomic mass is 16.5. The van der Waals surface area contributed by atoms with E-state index in [0.717, 1.165) is 0 Å². The van der Waals surface area contributed by atoms with Crippen molar-refractivity contribution in [1.29, 1.82) is 0 Å². The maximum Gasteiger partial charge on any atom is 0.349 e. The van der Waals surface area contributed by atoms with Crippen LogP contribution in [0.3, 0.4) is 0 Å². The summed E-state index contributed by atoms with van der Waals surface area (Å²) in [5, 5.41) is 9.01. The zero-order chi connectivity index (χ0) is 12.4. The van der Waals surface area contributed by atoms with E-state index in [2.05, 4.69) is 0 Å². The molecule has 0 unspecified atom stereocenters. The number of hydroxylamine groups is 1. The third-order valence-corrected chi connectivity index (χ3v) is 2.29. The molecule has 1 heterocycles. The Hall–Kier alpha value is -2.34. The third kappa shape index (κ3) is 1.85. The fourth-order valence-corrected chi connectivity index (χ4v) is 1.50. The van der Waals surface area contributed by atoms with Gasteiger partial charge in [0.25, 0.3) is 5.91 Å². The second-order valence-electron chi connectivity index (χ2n) is 3.27. The van der Waals surface area contributed by atoms with Crippen LogP contribution in [0, 0.1) is 0 Å². The van der Waals surface area contributed by atoms with Gasteiger partial charge in [0.2, 0.25) is 0 Å².